The third-order valence-corrected chi connectivity index (χ3v) is 4.80. The van der Waals surface area contributed by atoms with E-state index in [1.807, 2.05) is 23.8 Å². The smallest absolute Gasteiger partial charge is 0.1000 e. The minimum absolute atomic E-state index is 0.553. The molecule has 0 bridgehead atoms. The minimum Gasteiger partial charge on any atom is -0.384 e. The molecule has 17 heavy (non-hydrogen) atoms. The molecule has 2 nitrogen and oxygen atoms in total. The summed E-state index contributed by atoms with van der Waals surface area (Å²) in [5.74, 6) is 0. The van der Waals surface area contributed by atoms with Gasteiger partial charge in [-0.25, -0.2) is 0 Å². The lowest BCUT2D eigenvalue weighted by Crippen LogP contribution is -2.34. The third-order valence-electron chi connectivity index (χ3n) is 2.56. The molecule has 2 rings (SSSR count). The van der Waals surface area contributed by atoms with Gasteiger partial charge >= 0.3 is 0 Å². The molecule has 5 heteroatoms. The Balaban J connectivity index is 1.86. The molecular formula is C12H14BrNOS2. The Kier molecular flexibility index (Phi) is 4.38. The second-order valence-corrected chi connectivity index (χ2v) is 7.22. The standard InChI is InChI=1S/C12H14BrNOS2/c1-12(15,10-2-3-16-7-10)8-14-5-9-4-11(13)17-6-9/h2-4,6-7,14-15H,5,8H2,1H3. The van der Waals surface area contributed by atoms with Crippen molar-refractivity contribution in [2.24, 2.45) is 0 Å². The van der Waals surface area contributed by atoms with E-state index in [2.05, 4.69) is 32.7 Å². The average Bonchev–Trinajstić information content (AvgIpc) is 2.89. The summed E-state index contributed by atoms with van der Waals surface area (Å²) < 4.78 is 1.14. The number of nitrogens with one attached hydrogen (secondary N) is 1. The first-order valence-corrected chi connectivity index (χ1v) is 7.88. The molecule has 0 aliphatic carbocycles. The molecule has 0 spiro atoms. The van der Waals surface area contributed by atoms with E-state index in [1.54, 1.807) is 22.7 Å². The summed E-state index contributed by atoms with van der Waals surface area (Å²) in [6.45, 7) is 3.17. The quantitative estimate of drug-likeness (QED) is 0.877. The van der Waals surface area contributed by atoms with E-state index in [0.29, 0.717) is 6.54 Å². The Hall–Kier alpha value is -0.200. The number of rotatable bonds is 5. The minimum atomic E-state index is -0.798. The lowest BCUT2D eigenvalue weighted by Gasteiger charge is -2.22. The molecule has 2 aromatic rings. The van der Waals surface area contributed by atoms with E-state index < -0.39 is 5.60 Å². The first-order valence-electron chi connectivity index (χ1n) is 5.26. The van der Waals surface area contributed by atoms with E-state index in [9.17, 15) is 5.11 Å². The van der Waals surface area contributed by atoms with Crippen LogP contribution in [0.3, 0.4) is 0 Å². The van der Waals surface area contributed by atoms with Crippen LogP contribution < -0.4 is 5.32 Å². The molecule has 0 aliphatic rings. The fourth-order valence-electron chi connectivity index (χ4n) is 1.56. The van der Waals surface area contributed by atoms with E-state index in [4.69, 9.17) is 0 Å². The van der Waals surface area contributed by atoms with E-state index in [1.165, 1.54) is 5.56 Å². The number of hydrogen-bond donors (Lipinski definition) is 2. The molecule has 0 amide bonds. The highest BCUT2D eigenvalue weighted by atomic mass is 79.9. The lowest BCUT2D eigenvalue weighted by atomic mass is 9.99. The van der Waals surface area contributed by atoms with Gasteiger partial charge in [-0.3, -0.25) is 0 Å². The molecule has 0 radical (unpaired) electrons. The van der Waals surface area contributed by atoms with Gasteiger partial charge in [0, 0.05) is 13.1 Å². The van der Waals surface area contributed by atoms with Crippen LogP contribution in [0.2, 0.25) is 0 Å². The van der Waals surface area contributed by atoms with Crippen molar-refractivity contribution in [3.8, 4) is 0 Å². The number of halogens is 1. The van der Waals surface area contributed by atoms with Crippen molar-refractivity contribution >= 4 is 38.6 Å². The molecule has 1 atom stereocenters. The first-order chi connectivity index (χ1) is 8.08. The fourth-order valence-corrected chi connectivity index (χ4v) is 3.55. The maximum atomic E-state index is 10.3. The monoisotopic (exact) mass is 331 g/mol. The normalized spacial score (nSPS) is 14.8. The molecule has 0 aromatic carbocycles. The Morgan fingerprint density at radius 3 is 2.88 bits per heavy atom. The van der Waals surface area contributed by atoms with Crippen LogP contribution in [-0.2, 0) is 12.1 Å². The van der Waals surface area contributed by atoms with E-state index >= 15 is 0 Å². The second kappa shape index (κ2) is 5.63. The summed E-state index contributed by atoms with van der Waals surface area (Å²) in [5, 5.41) is 19.7. The van der Waals surface area contributed by atoms with Crippen LogP contribution in [0, 0.1) is 0 Å². The predicted octanol–water partition coefficient (Wildman–Crippen LogP) is 3.57. The summed E-state index contributed by atoms with van der Waals surface area (Å²) >= 11 is 6.72. The lowest BCUT2D eigenvalue weighted by molar-refractivity contribution is 0.0571. The van der Waals surface area contributed by atoms with Gasteiger partial charge in [-0.1, -0.05) is 0 Å². The molecule has 1 unspecified atom stereocenters. The SMILES string of the molecule is CC(O)(CNCc1csc(Br)c1)c1ccsc1. The highest BCUT2D eigenvalue weighted by molar-refractivity contribution is 9.11. The van der Waals surface area contributed by atoms with Crippen molar-refractivity contribution in [3.05, 3.63) is 43.2 Å². The average molecular weight is 332 g/mol. The van der Waals surface area contributed by atoms with Crippen molar-refractivity contribution in [3.63, 3.8) is 0 Å². The van der Waals surface area contributed by atoms with Crippen molar-refractivity contribution in [2.75, 3.05) is 6.54 Å². The number of aliphatic hydroxyl groups is 1. The van der Waals surface area contributed by atoms with Gasteiger partial charge in [0.05, 0.1) is 9.39 Å². The van der Waals surface area contributed by atoms with Gasteiger partial charge in [-0.05, 0) is 62.3 Å². The number of thiophene rings is 2. The Morgan fingerprint density at radius 1 is 1.47 bits per heavy atom. The van der Waals surface area contributed by atoms with Crippen LogP contribution in [0.25, 0.3) is 0 Å². The molecule has 2 aromatic heterocycles. The summed E-state index contributed by atoms with van der Waals surface area (Å²) in [5.41, 5.74) is 1.41. The molecule has 0 aliphatic heterocycles. The molecular weight excluding hydrogens is 318 g/mol. The van der Waals surface area contributed by atoms with E-state index in [0.717, 1.165) is 15.9 Å². The zero-order valence-electron chi connectivity index (χ0n) is 9.44. The van der Waals surface area contributed by atoms with Gasteiger partial charge in [-0.15, -0.1) is 11.3 Å². The summed E-state index contributed by atoms with van der Waals surface area (Å²) in [6, 6.07) is 4.06. The topological polar surface area (TPSA) is 32.3 Å². The number of hydrogen-bond acceptors (Lipinski definition) is 4. The maximum absolute atomic E-state index is 10.3. The van der Waals surface area contributed by atoms with Crippen molar-refractivity contribution in [1.82, 2.24) is 5.32 Å². The van der Waals surface area contributed by atoms with Crippen LogP contribution in [0.5, 0.6) is 0 Å². The van der Waals surface area contributed by atoms with Crippen LogP contribution in [-0.4, -0.2) is 11.7 Å². The zero-order valence-corrected chi connectivity index (χ0v) is 12.7. The molecule has 92 valence electrons. The molecule has 0 saturated carbocycles. The van der Waals surface area contributed by atoms with Crippen LogP contribution in [0.1, 0.15) is 18.1 Å². The largest absolute Gasteiger partial charge is 0.384 e. The van der Waals surface area contributed by atoms with Gasteiger partial charge in [0.15, 0.2) is 0 Å². The van der Waals surface area contributed by atoms with Crippen LogP contribution in [0.15, 0.2) is 32.1 Å². The highest BCUT2D eigenvalue weighted by Gasteiger charge is 2.22. The van der Waals surface area contributed by atoms with Gasteiger partial charge in [0.1, 0.15) is 0 Å². The fraction of sp³-hybridized carbons (Fsp3) is 0.333. The first kappa shape index (κ1) is 13.2. The molecule has 0 fully saturated rings. The molecule has 0 saturated heterocycles. The predicted molar refractivity (Wildman–Crippen MR) is 77.6 cm³/mol. The van der Waals surface area contributed by atoms with Gasteiger partial charge in [0.25, 0.3) is 0 Å². The summed E-state index contributed by atoms with van der Waals surface area (Å²) in [4.78, 5) is 0. The van der Waals surface area contributed by atoms with Crippen molar-refractivity contribution < 1.29 is 5.11 Å². The Morgan fingerprint density at radius 2 is 2.29 bits per heavy atom. The van der Waals surface area contributed by atoms with Crippen molar-refractivity contribution in [1.29, 1.82) is 0 Å². The Labute approximate surface area is 117 Å². The highest BCUT2D eigenvalue weighted by Crippen LogP contribution is 2.23. The van der Waals surface area contributed by atoms with E-state index in [-0.39, 0.29) is 0 Å². The van der Waals surface area contributed by atoms with Crippen molar-refractivity contribution in [2.45, 2.75) is 19.1 Å². The third kappa shape index (κ3) is 3.63. The van der Waals surface area contributed by atoms with Gasteiger partial charge in [0.2, 0.25) is 0 Å². The zero-order chi connectivity index (χ0) is 12.3. The van der Waals surface area contributed by atoms with Crippen LogP contribution >= 0.6 is 38.6 Å². The Bertz CT molecular complexity index is 465. The summed E-state index contributed by atoms with van der Waals surface area (Å²) in [6.07, 6.45) is 0. The second-order valence-electron chi connectivity index (χ2n) is 4.15. The maximum Gasteiger partial charge on any atom is 0.1000 e. The summed E-state index contributed by atoms with van der Waals surface area (Å²) in [7, 11) is 0. The molecule has 2 heterocycles. The molecule has 2 N–H and O–H groups in total. The van der Waals surface area contributed by atoms with Gasteiger partial charge in [-0.2, -0.15) is 11.3 Å². The van der Waals surface area contributed by atoms with Gasteiger partial charge < -0.3 is 10.4 Å². The van der Waals surface area contributed by atoms with Crippen LogP contribution in [0.4, 0.5) is 0 Å².